The molecule has 2 rings (SSSR count). The zero-order chi connectivity index (χ0) is 17.9. The van der Waals surface area contributed by atoms with Crippen molar-refractivity contribution >= 4 is 11.9 Å². The first kappa shape index (κ1) is 17.7. The molecule has 0 atom stereocenters. The lowest BCUT2D eigenvalue weighted by molar-refractivity contribution is -0.137. The third-order valence-electron chi connectivity index (χ3n) is 3.65. The summed E-state index contributed by atoms with van der Waals surface area (Å²) in [6, 6.07) is 5.81. The summed E-state index contributed by atoms with van der Waals surface area (Å²) < 4.78 is 14.7. The number of amides is 1. The van der Waals surface area contributed by atoms with Crippen LogP contribution in [0.1, 0.15) is 42.7 Å². The largest absolute Gasteiger partial charge is 0.480 e. The Morgan fingerprint density at radius 2 is 1.92 bits per heavy atom. The monoisotopic (exact) mass is 333 g/mol. The molecule has 128 valence electrons. The average molecular weight is 333 g/mol. The number of carboxylic acids is 1. The predicted molar refractivity (Wildman–Crippen MR) is 86.8 cm³/mol. The molecule has 0 bridgehead atoms. The molecule has 6 nitrogen and oxygen atoms in total. The van der Waals surface area contributed by atoms with Gasteiger partial charge in [-0.2, -0.15) is 5.10 Å². The van der Waals surface area contributed by atoms with E-state index in [1.165, 1.54) is 23.2 Å². The van der Waals surface area contributed by atoms with Crippen LogP contribution in [-0.4, -0.2) is 44.8 Å². The van der Waals surface area contributed by atoms with Gasteiger partial charge < -0.3 is 10.0 Å². The van der Waals surface area contributed by atoms with Crippen LogP contribution in [0.5, 0.6) is 0 Å². The Bertz CT molecular complexity index is 738. The van der Waals surface area contributed by atoms with E-state index in [1.807, 2.05) is 13.8 Å². The Balaban J connectivity index is 2.46. The van der Waals surface area contributed by atoms with Gasteiger partial charge in [-0.1, -0.05) is 13.8 Å². The molecule has 0 radical (unpaired) electrons. The average Bonchev–Trinajstić information content (AvgIpc) is 2.97. The molecule has 0 aliphatic carbocycles. The van der Waals surface area contributed by atoms with E-state index in [0.717, 1.165) is 0 Å². The van der Waals surface area contributed by atoms with Gasteiger partial charge in [0.1, 0.15) is 12.4 Å². The number of aliphatic carboxylic acids is 1. The van der Waals surface area contributed by atoms with Crippen LogP contribution in [0.4, 0.5) is 4.39 Å². The van der Waals surface area contributed by atoms with Gasteiger partial charge in [0.15, 0.2) is 0 Å². The summed E-state index contributed by atoms with van der Waals surface area (Å²) in [5.41, 5.74) is 1.66. The molecule has 1 aromatic carbocycles. The molecule has 0 aliphatic heterocycles. The standard InChI is InChI=1S/C17H20FN3O3/c1-4-20(10-15(22)23)17(24)14-9-19-21(16(14)11(2)3)13-7-5-12(18)6-8-13/h5-9,11H,4,10H2,1-3H3,(H,22,23). The number of carboxylic acid groups (broad SMARTS) is 1. The second-order valence-corrected chi connectivity index (χ2v) is 5.70. The SMILES string of the molecule is CCN(CC(=O)O)C(=O)c1cnn(-c2ccc(F)cc2)c1C(C)C. The Morgan fingerprint density at radius 3 is 2.42 bits per heavy atom. The smallest absolute Gasteiger partial charge is 0.323 e. The minimum atomic E-state index is -1.07. The van der Waals surface area contributed by atoms with Crippen LogP contribution in [0, 0.1) is 5.82 Å². The highest BCUT2D eigenvalue weighted by molar-refractivity contribution is 5.97. The zero-order valence-electron chi connectivity index (χ0n) is 13.9. The number of hydrogen-bond acceptors (Lipinski definition) is 3. The molecule has 0 saturated heterocycles. The van der Waals surface area contributed by atoms with E-state index in [4.69, 9.17) is 5.11 Å². The van der Waals surface area contributed by atoms with Gasteiger partial charge in [-0.05, 0) is 37.1 Å². The second-order valence-electron chi connectivity index (χ2n) is 5.70. The van der Waals surface area contributed by atoms with E-state index in [2.05, 4.69) is 5.10 Å². The third-order valence-corrected chi connectivity index (χ3v) is 3.65. The number of aromatic nitrogens is 2. The quantitative estimate of drug-likeness (QED) is 0.882. The highest BCUT2D eigenvalue weighted by Gasteiger charge is 2.25. The summed E-state index contributed by atoms with van der Waals surface area (Å²) in [7, 11) is 0. The molecule has 0 fully saturated rings. The third kappa shape index (κ3) is 3.61. The van der Waals surface area contributed by atoms with Crippen molar-refractivity contribution in [3.63, 3.8) is 0 Å². The van der Waals surface area contributed by atoms with Crippen LogP contribution in [0.3, 0.4) is 0 Å². The van der Waals surface area contributed by atoms with Crippen LogP contribution in [0.25, 0.3) is 5.69 Å². The van der Waals surface area contributed by atoms with Crippen LogP contribution < -0.4 is 0 Å². The zero-order valence-corrected chi connectivity index (χ0v) is 13.9. The molecule has 1 heterocycles. The molecule has 0 spiro atoms. The van der Waals surface area contributed by atoms with Gasteiger partial charge in [-0.25, -0.2) is 9.07 Å². The lowest BCUT2D eigenvalue weighted by atomic mass is 10.0. The van der Waals surface area contributed by atoms with E-state index in [0.29, 0.717) is 16.9 Å². The first-order chi connectivity index (χ1) is 11.3. The number of halogens is 1. The molecule has 1 N–H and O–H groups in total. The number of nitrogens with zero attached hydrogens (tertiary/aromatic N) is 3. The van der Waals surface area contributed by atoms with Crippen LogP contribution in [-0.2, 0) is 4.79 Å². The van der Waals surface area contributed by atoms with Crippen molar-refractivity contribution in [2.75, 3.05) is 13.1 Å². The van der Waals surface area contributed by atoms with E-state index < -0.39 is 5.97 Å². The molecular weight excluding hydrogens is 313 g/mol. The molecule has 1 amide bonds. The van der Waals surface area contributed by atoms with Gasteiger partial charge in [-0.3, -0.25) is 9.59 Å². The summed E-state index contributed by atoms with van der Waals surface area (Å²) in [4.78, 5) is 24.9. The van der Waals surface area contributed by atoms with Crippen LogP contribution >= 0.6 is 0 Å². The molecule has 2 aromatic rings. The van der Waals surface area contributed by atoms with Gasteiger partial charge in [0.2, 0.25) is 0 Å². The molecule has 0 aliphatic rings. The van der Waals surface area contributed by atoms with Gasteiger partial charge in [0.05, 0.1) is 23.1 Å². The van der Waals surface area contributed by atoms with Crippen LogP contribution in [0.2, 0.25) is 0 Å². The second kappa shape index (κ2) is 7.25. The molecule has 24 heavy (non-hydrogen) atoms. The van der Waals surface area contributed by atoms with Crippen molar-refractivity contribution in [1.29, 1.82) is 0 Å². The van der Waals surface area contributed by atoms with Crippen molar-refractivity contribution in [2.45, 2.75) is 26.7 Å². The normalized spacial score (nSPS) is 10.9. The van der Waals surface area contributed by atoms with Crippen molar-refractivity contribution in [2.24, 2.45) is 0 Å². The Kier molecular flexibility index (Phi) is 5.33. The minimum absolute atomic E-state index is 0.0277. The fourth-order valence-electron chi connectivity index (χ4n) is 2.53. The highest BCUT2D eigenvalue weighted by atomic mass is 19.1. The molecular formula is C17H20FN3O3. The number of rotatable bonds is 6. The summed E-state index contributed by atoms with van der Waals surface area (Å²) in [6.45, 7) is 5.47. The molecule has 1 aromatic heterocycles. The summed E-state index contributed by atoms with van der Waals surface area (Å²) in [5, 5.41) is 13.2. The summed E-state index contributed by atoms with van der Waals surface area (Å²) in [5.74, 6) is -1.83. The van der Waals surface area contributed by atoms with Gasteiger partial charge in [-0.15, -0.1) is 0 Å². The van der Waals surface area contributed by atoms with Gasteiger partial charge in [0.25, 0.3) is 5.91 Å². The first-order valence-electron chi connectivity index (χ1n) is 7.70. The van der Waals surface area contributed by atoms with Gasteiger partial charge in [0, 0.05) is 6.54 Å². The van der Waals surface area contributed by atoms with Crippen molar-refractivity contribution in [3.8, 4) is 5.69 Å². The van der Waals surface area contributed by atoms with Crippen molar-refractivity contribution in [3.05, 3.63) is 47.5 Å². The number of likely N-dealkylation sites (N-methyl/N-ethyl adjacent to an activating group) is 1. The maximum atomic E-state index is 13.1. The summed E-state index contributed by atoms with van der Waals surface area (Å²) in [6.07, 6.45) is 1.44. The lowest BCUT2D eigenvalue weighted by Gasteiger charge is -2.20. The maximum Gasteiger partial charge on any atom is 0.323 e. The predicted octanol–water partition coefficient (Wildman–Crippen LogP) is 2.68. The van der Waals surface area contributed by atoms with Crippen molar-refractivity contribution < 1.29 is 19.1 Å². The maximum absolute atomic E-state index is 13.1. The van der Waals surface area contributed by atoms with Crippen molar-refractivity contribution in [1.82, 2.24) is 14.7 Å². The number of carbonyl (C=O) groups excluding carboxylic acids is 1. The Labute approximate surface area is 139 Å². The lowest BCUT2D eigenvalue weighted by Crippen LogP contribution is -2.35. The summed E-state index contributed by atoms with van der Waals surface area (Å²) >= 11 is 0. The fourth-order valence-corrected chi connectivity index (χ4v) is 2.53. The number of carbonyl (C=O) groups is 2. The number of hydrogen-bond donors (Lipinski definition) is 1. The van der Waals surface area contributed by atoms with E-state index in [1.54, 1.807) is 23.7 Å². The Morgan fingerprint density at radius 1 is 1.29 bits per heavy atom. The highest BCUT2D eigenvalue weighted by Crippen LogP contribution is 2.24. The van der Waals surface area contributed by atoms with Gasteiger partial charge >= 0.3 is 5.97 Å². The topological polar surface area (TPSA) is 75.4 Å². The van der Waals surface area contributed by atoms with Crippen LogP contribution in [0.15, 0.2) is 30.5 Å². The number of benzene rings is 1. The Hall–Kier alpha value is -2.70. The molecule has 7 heteroatoms. The molecule has 0 saturated carbocycles. The molecule has 0 unspecified atom stereocenters. The fraction of sp³-hybridized carbons (Fsp3) is 0.353. The van der Waals surface area contributed by atoms with E-state index >= 15 is 0 Å². The minimum Gasteiger partial charge on any atom is -0.480 e. The first-order valence-corrected chi connectivity index (χ1v) is 7.70. The van der Waals surface area contributed by atoms with E-state index in [9.17, 15) is 14.0 Å². The van der Waals surface area contributed by atoms with E-state index in [-0.39, 0.29) is 30.7 Å².